The normalized spacial score (nSPS) is 20.6. The van der Waals surface area contributed by atoms with E-state index in [1.807, 2.05) is 18.6 Å². The molecule has 22 heavy (non-hydrogen) atoms. The van der Waals surface area contributed by atoms with Crippen molar-refractivity contribution < 1.29 is 0 Å². The maximum absolute atomic E-state index is 4.57. The molecule has 2 heterocycles. The molecule has 2 aromatic heterocycles. The highest BCUT2D eigenvalue weighted by Crippen LogP contribution is 2.40. The van der Waals surface area contributed by atoms with Crippen molar-refractivity contribution in [2.45, 2.75) is 57.2 Å². The van der Waals surface area contributed by atoms with Crippen molar-refractivity contribution in [1.82, 2.24) is 24.6 Å². The number of aryl methyl sites for hydroxylation is 1. The summed E-state index contributed by atoms with van der Waals surface area (Å²) in [5.74, 6) is 1.90. The Kier molecular flexibility index (Phi) is 3.74. The summed E-state index contributed by atoms with van der Waals surface area (Å²) in [5.41, 5.74) is 1.31. The molecule has 0 aliphatic heterocycles. The van der Waals surface area contributed by atoms with E-state index in [1.54, 1.807) is 0 Å². The summed E-state index contributed by atoms with van der Waals surface area (Å²) in [5, 5.41) is 8.32. The van der Waals surface area contributed by atoms with Crippen LogP contribution in [0.5, 0.6) is 0 Å². The Bertz CT molecular complexity index is 619. The van der Waals surface area contributed by atoms with E-state index in [-0.39, 0.29) is 0 Å². The van der Waals surface area contributed by atoms with Gasteiger partial charge in [-0.15, -0.1) is 0 Å². The maximum atomic E-state index is 4.57. The molecule has 1 unspecified atom stereocenters. The van der Waals surface area contributed by atoms with Gasteiger partial charge >= 0.3 is 0 Å². The van der Waals surface area contributed by atoms with Gasteiger partial charge in [-0.2, -0.15) is 5.10 Å². The van der Waals surface area contributed by atoms with Gasteiger partial charge in [-0.1, -0.05) is 12.8 Å². The maximum Gasteiger partial charge on any atom is 0.125 e. The first-order chi connectivity index (χ1) is 10.8. The number of aromatic nitrogens is 4. The second-order valence-electron chi connectivity index (χ2n) is 6.80. The molecule has 0 spiro atoms. The molecule has 2 fully saturated rings. The third kappa shape index (κ3) is 2.70. The Morgan fingerprint density at radius 3 is 2.73 bits per heavy atom. The molecule has 5 nitrogen and oxygen atoms in total. The first-order valence-corrected chi connectivity index (χ1v) is 8.56. The van der Waals surface area contributed by atoms with E-state index in [2.05, 4.69) is 37.8 Å². The van der Waals surface area contributed by atoms with Gasteiger partial charge in [0.15, 0.2) is 0 Å². The number of imidazole rings is 1. The third-order valence-corrected chi connectivity index (χ3v) is 5.16. The van der Waals surface area contributed by atoms with E-state index < -0.39 is 0 Å². The summed E-state index contributed by atoms with van der Waals surface area (Å²) in [4.78, 5) is 4.56. The van der Waals surface area contributed by atoms with Crippen molar-refractivity contribution >= 4 is 0 Å². The van der Waals surface area contributed by atoms with E-state index in [4.69, 9.17) is 0 Å². The highest BCUT2D eigenvalue weighted by Gasteiger charge is 2.34. The van der Waals surface area contributed by atoms with Crippen LogP contribution in [0.2, 0.25) is 0 Å². The van der Waals surface area contributed by atoms with Crippen LogP contribution in [0.1, 0.15) is 62.1 Å². The van der Waals surface area contributed by atoms with Gasteiger partial charge in [0.05, 0.1) is 17.8 Å². The van der Waals surface area contributed by atoms with Crippen LogP contribution in [0.15, 0.2) is 24.7 Å². The minimum atomic E-state index is 0.368. The lowest BCUT2D eigenvalue weighted by Gasteiger charge is -2.20. The van der Waals surface area contributed by atoms with Crippen molar-refractivity contribution in [3.8, 4) is 0 Å². The summed E-state index contributed by atoms with van der Waals surface area (Å²) in [6.07, 6.45) is 13.7. The summed E-state index contributed by atoms with van der Waals surface area (Å²) in [7, 11) is 2.09. The fourth-order valence-electron chi connectivity index (χ4n) is 3.75. The Hall–Kier alpha value is -1.62. The average molecular weight is 299 g/mol. The molecule has 0 amide bonds. The lowest BCUT2D eigenvalue weighted by molar-refractivity contribution is 0.408. The molecule has 2 aromatic rings. The van der Waals surface area contributed by atoms with Crippen LogP contribution in [-0.2, 0) is 13.6 Å². The molecule has 118 valence electrons. The highest BCUT2D eigenvalue weighted by molar-refractivity contribution is 5.08. The molecule has 2 aliphatic carbocycles. The van der Waals surface area contributed by atoms with Crippen LogP contribution in [0, 0.1) is 5.92 Å². The molecule has 1 N–H and O–H groups in total. The zero-order valence-corrected chi connectivity index (χ0v) is 13.3. The molecule has 0 saturated heterocycles. The van der Waals surface area contributed by atoms with Crippen molar-refractivity contribution in [1.29, 1.82) is 0 Å². The van der Waals surface area contributed by atoms with E-state index >= 15 is 0 Å². The first-order valence-electron chi connectivity index (χ1n) is 8.56. The fourth-order valence-corrected chi connectivity index (χ4v) is 3.75. The van der Waals surface area contributed by atoms with Crippen LogP contribution < -0.4 is 5.32 Å². The topological polar surface area (TPSA) is 47.7 Å². The van der Waals surface area contributed by atoms with Crippen LogP contribution in [0.25, 0.3) is 0 Å². The lowest BCUT2D eigenvalue weighted by Crippen LogP contribution is -2.27. The van der Waals surface area contributed by atoms with Crippen LogP contribution in [-0.4, -0.2) is 19.3 Å². The van der Waals surface area contributed by atoms with Gasteiger partial charge in [0.25, 0.3) is 0 Å². The Morgan fingerprint density at radius 2 is 2.05 bits per heavy atom. The molecule has 0 bridgehead atoms. The molecular formula is C17H25N5. The molecule has 0 radical (unpaired) electrons. The molecular weight excluding hydrogens is 274 g/mol. The number of nitrogens with zero attached hydrogens (tertiary/aromatic N) is 4. The summed E-state index contributed by atoms with van der Waals surface area (Å²) in [6.45, 7) is 0.879. The van der Waals surface area contributed by atoms with Gasteiger partial charge < -0.3 is 9.88 Å². The smallest absolute Gasteiger partial charge is 0.125 e. The van der Waals surface area contributed by atoms with E-state index in [9.17, 15) is 0 Å². The van der Waals surface area contributed by atoms with Gasteiger partial charge in [0, 0.05) is 32.2 Å². The van der Waals surface area contributed by atoms with Gasteiger partial charge in [0.2, 0.25) is 0 Å². The Morgan fingerprint density at radius 1 is 1.23 bits per heavy atom. The largest absolute Gasteiger partial charge is 0.337 e. The molecule has 2 saturated carbocycles. The van der Waals surface area contributed by atoms with E-state index in [1.165, 1.54) is 44.2 Å². The van der Waals surface area contributed by atoms with Crippen LogP contribution in [0.4, 0.5) is 0 Å². The summed E-state index contributed by atoms with van der Waals surface area (Å²) < 4.78 is 4.40. The second kappa shape index (κ2) is 5.88. The number of hydrogen-bond acceptors (Lipinski definition) is 3. The van der Waals surface area contributed by atoms with Crippen molar-refractivity contribution in [2.24, 2.45) is 13.0 Å². The first kappa shape index (κ1) is 14.0. The fraction of sp³-hybridized carbons (Fsp3) is 0.647. The van der Waals surface area contributed by atoms with E-state index in [0.29, 0.717) is 12.1 Å². The zero-order chi connectivity index (χ0) is 14.9. The predicted molar refractivity (Wildman–Crippen MR) is 85.2 cm³/mol. The standard InChI is InChI=1S/C17H25N5/c1-21-11-10-18-17(21)16(13-6-7-13)19-12-15-8-9-20-22(15)14-4-2-3-5-14/h8-11,13-14,16,19H,2-7,12H2,1H3. The minimum Gasteiger partial charge on any atom is -0.337 e. The Labute approximate surface area is 131 Å². The quantitative estimate of drug-likeness (QED) is 0.892. The average Bonchev–Trinajstić information content (AvgIpc) is 2.95. The van der Waals surface area contributed by atoms with Gasteiger partial charge in [-0.05, 0) is 37.7 Å². The van der Waals surface area contributed by atoms with Crippen molar-refractivity contribution in [3.63, 3.8) is 0 Å². The minimum absolute atomic E-state index is 0.368. The molecule has 4 rings (SSSR count). The number of rotatable bonds is 6. The van der Waals surface area contributed by atoms with Gasteiger partial charge in [-0.25, -0.2) is 4.98 Å². The van der Waals surface area contributed by atoms with Crippen molar-refractivity contribution in [2.75, 3.05) is 0 Å². The molecule has 1 atom stereocenters. The molecule has 0 aromatic carbocycles. The van der Waals surface area contributed by atoms with Crippen LogP contribution >= 0.6 is 0 Å². The van der Waals surface area contributed by atoms with Gasteiger partial charge in [-0.3, -0.25) is 4.68 Å². The Balaban J connectivity index is 1.47. The number of hydrogen-bond donors (Lipinski definition) is 1. The zero-order valence-electron chi connectivity index (χ0n) is 13.3. The SMILES string of the molecule is Cn1ccnc1C(NCc1ccnn1C1CCCC1)C1CC1. The lowest BCUT2D eigenvalue weighted by atomic mass is 10.1. The molecule has 5 heteroatoms. The summed E-state index contributed by atoms with van der Waals surface area (Å²) >= 11 is 0. The summed E-state index contributed by atoms with van der Waals surface area (Å²) in [6, 6.07) is 3.14. The monoisotopic (exact) mass is 299 g/mol. The third-order valence-electron chi connectivity index (χ3n) is 5.16. The van der Waals surface area contributed by atoms with Gasteiger partial charge in [0.1, 0.15) is 5.82 Å². The van der Waals surface area contributed by atoms with E-state index in [0.717, 1.165) is 18.3 Å². The molecule has 2 aliphatic rings. The van der Waals surface area contributed by atoms with Crippen LogP contribution in [0.3, 0.4) is 0 Å². The van der Waals surface area contributed by atoms with Crippen molar-refractivity contribution in [3.05, 3.63) is 36.2 Å². The number of nitrogens with one attached hydrogen (secondary N) is 1. The predicted octanol–water partition coefficient (Wildman–Crippen LogP) is 2.97. The highest BCUT2D eigenvalue weighted by atomic mass is 15.3. The second-order valence-corrected chi connectivity index (χ2v) is 6.80.